The van der Waals surface area contributed by atoms with Gasteiger partial charge in [-0.05, 0) is 44.6 Å². The van der Waals surface area contributed by atoms with Gasteiger partial charge in [0.1, 0.15) is 0 Å². The van der Waals surface area contributed by atoms with Crippen LogP contribution in [0.2, 0.25) is 0 Å². The van der Waals surface area contributed by atoms with E-state index in [1.165, 1.54) is 45.1 Å². The van der Waals surface area contributed by atoms with E-state index < -0.39 is 0 Å². The second-order valence-electron chi connectivity index (χ2n) is 5.85. The summed E-state index contributed by atoms with van der Waals surface area (Å²) in [7, 11) is 0. The Hall–Kier alpha value is -0.0800. The Morgan fingerprint density at radius 3 is 2.75 bits per heavy atom. The van der Waals surface area contributed by atoms with Crippen molar-refractivity contribution in [2.24, 2.45) is 11.8 Å². The molecule has 4 unspecified atom stereocenters. The molecule has 0 aromatic rings. The van der Waals surface area contributed by atoms with Crippen molar-refractivity contribution in [1.29, 1.82) is 0 Å². The summed E-state index contributed by atoms with van der Waals surface area (Å²) in [6, 6.07) is 0.612. The van der Waals surface area contributed by atoms with Gasteiger partial charge in [-0.15, -0.1) is 0 Å². The maximum atomic E-state index is 5.56. The van der Waals surface area contributed by atoms with Gasteiger partial charge >= 0.3 is 0 Å². The molecule has 0 spiro atoms. The van der Waals surface area contributed by atoms with E-state index in [9.17, 15) is 0 Å². The summed E-state index contributed by atoms with van der Waals surface area (Å²) in [5, 5.41) is 3.67. The first-order chi connectivity index (χ1) is 7.75. The van der Waals surface area contributed by atoms with Gasteiger partial charge < -0.3 is 10.1 Å². The van der Waals surface area contributed by atoms with Crippen LogP contribution in [-0.2, 0) is 4.74 Å². The highest BCUT2D eigenvalue weighted by Gasteiger charge is 2.24. The summed E-state index contributed by atoms with van der Waals surface area (Å²) in [6.07, 6.45) is 8.81. The molecule has 2 rings (SSSR count). The first-order valence-electron chi connectivity index (χ1n) is 7.10. The highest BCUT2D eigenvalue weighted by atomic mass is 16.5. The molecule has 1 saturated carbocycles. The maximum absolute atomic E-state index is 5.56. The molecule has 0 aromatic heterocycles. The fourth-order valence-corrected chi connectivity index (χ4v) is 3.29. The molecular weight excluding hydrogens is 198 g/mol. The van der Waals surface area contributed by atoms with Crippen molar-refractivity contribution in [3.05, 3.63) is 0 Å². The molecule has 94 valence electrons. The van der Waals surface area contributed by atoms with Crippen molar-refractivity contribution in [1.82, 2.24) is 5.32 Å². The van der Waals surface area contributed by atoms with Crippen molar-refractivity contribution in [2.45, 2.75) is 64.5 Å². The zero-order valence-corrected chi connectivity index (χ0v) is 10.9. The standard InChI is InChI=1S/C14H27NO/c1-11-4-3-5-13(10-11)6-8-15-14-7-9-16-12(14)2/h11-15H,3-10H2,1-2H3. The van der Waals surface area contributed by atoms with Gasteiger partial charge in [-0.2, -0.15) is 0 Å². The normalized spacial score (nSPS) is 40.1. The molecule has 4 atom stereocenters. The van der Waals surface area contributed by atoms with Crippen LogP contribution in [-0.4, -0.2) is 25.3 Å². The van der Waals surface area contributed by atoms with Crippen LogP contribution in [0.4, 0.5) is 0 Å². The maximum Gasteiger partial charge on any atom is 0.0700 e. The van der Waals surface area contributed by atoms with Crippen LogP contribution in [0, 0.1) is 11.8 Å². The first-order valence-corrected chi connectivity index (χ1v) is 7.10. The van der Waals surface area contributed by atoms with E-state index in [2.05, 4.69) is 19.2 Å². The molecule has 2 aliphatic rings. The summed E-state index contributed by atoms with van der Waals surface area (Å²) in [4.78, 5) is 0. The minimum absolute atomic E-state index is 0.422. The third kappa shape index (κ3) is 3.46. The number of hydrogen-bond acceptors (Lipinski definition) is 2. The molecule has 1 heterocycles. The lowest BCUT2D eigenvalue weighted by atomic mass is 9.81. The fourth-order valence-electron chi connectivity index (χ4n) is 3.29. The predicted molar refractivity (Wildman–Crippen MR) is 67.6 cm³/mol. The Balaban J connectivity index is 1.60. The van der Waals surface area contributed by atoms with Gasteiger partial charge in [0.15, 0.2) is 0 Å². The minimum atomic E-state index is 0.422. The zero-order valence-electron chi connectivity index (χ0n) is 10.9. The molecule has 1 aliphatic carbocycles. The van der Waals surface area contributed by atoms with Crippen LogP contribution in [0.3, 0.4) is 0 Å². The molecule has 2 heteroatoms. The molecule has 0 amide bonds. The SMILES string of the molecule is CC1CCCC(CCNC2CCOC2C)C1. The second-order valence-corrected chi connectivity index (χ2v) is 5.85. The number of ether oxygens (including phenoxy) is 1. The molecule has 16 heavy (non-hydrogen) atoms. The van der Waals surface area contributed by atoms with Gasteiger partial charge in [0.2, 0.25) is 0 Å². The van der Waals surface area contributed by atoms with Gasteiger partial charge in [-0.3, -0.25) is 0 Å². The van der Waals surface area contributed by atoms with E-state index in [1.807, 2.05) is 0 Å². The van der Waals surface area contributed by atoms with E-state index in [-0.39, 0.29) is 0 Å². The van der Waals surface area contributed by atoms with Crippen LogP contribution in [0.5, 0.6) is 0 Å². The zero-order chi connectivity index (χ0) is 11.4. The molecule has 2 nitrogen and oxygen atoms in total. The van der Waals surface area contributed by atoms with E-state index >= 15 is 0 Å². The van der Waals surface area contributed by atoms with Crippen LogP contribution < -0.4 is 5.32 Å². The third-order valence-corrected chi connectivity index (χ3v) is 4.38. The van der Waals surface area contributed by atoms with E-state index in [1.54, 1.807) is 0 Å². The average molecular weight is 225 g/mol. The van der Waals surface area contributed by atoms with Gasteiger partial charge in [-0.25, -0.2) is 0 Å². The van der Waals surface area contributed by atoms with Crippen molar-refractivity contribution < 1.29 is 4.74 Å². The van der Waals surface area contributed by atoms with Crippen LogP contribution >= 0.6 is 0 Å². The van der Waals surface area contributed by atoms with E-state index in [0.717, 1.165) is 18.4 Å². The van der Waals surface area contributed by atoms with Crippen molar-refractivity contribution in [3.63, 3.8) is 0 Å². The molecule has 0 radical (unpaired) electrons. The Bertz CT molecular complexity index is 207. The Morgan fingerprint density at radius 2 is 2.06 bits per heavy atom. The summed E-state index contributed by atoms with van der Waals surface area (Å²) < 4.78 is 5.56. The summed E-state index contributed by atoms with van der Waals surface area (Å²) in [5.74, 6) is 1.95. The Labute approximate surface area is 100 Å². The van der Waals surface area contributed by atoms with Crippen LogP contribution in [0.25, 0.3) is 0 Å². The average Bonchev–Trinajstić information content (AvgIpc) is 2.65. The number of rotatable bonds is 4. The van der Waals surface area contributed by atoms with Crippen molar-refractivity contribution >= 4 is 0 Å². The molecular formula is C14H27NO. The lowest BCUT2D eigenvalue weighted by Crippen LogP contribution is -2.36. The molecule has 0 aromatic carbocycles. The van der Waals surface area contributed by atoms with Gasteiger partial charge in [0, 0.05) is 12.6 Å². The topological polar surface area (TPSA) is 21.3 Å². The molecule has 1 N–H and O–H groups in total. The fraction of sp³-hybridized carbons (Fsp3) is 1.00. The van der Waals surface area contributed by atoms with Crippen LogP contribution in [0.1, 0.15) is 52.4 Å². The van der Waals surface area contributed by atoms with E-state index in [0.29, 0.717) is 12.1 Å². The molecule has 2 fully saturated rings. The largest absolute Gasteiger partial charge is 0.377 e. The highest BCUT2D eigenvalue weighted by molar-refractivity contribution is 4.80. The van der Waals surface area contributed by atoms with Gasteiger partial charge in [0.05, 0.1) is 6.10 Å². The number of hydrogen-bond donors (Lipinski definition) is 1. The third-order valence-electron chi connectivity index (χ3n) is 4.38. The van der Waals surface area contributed by atoms with Gasteiger partial charge in [0.25, 0.3) is 0 Å². The summed E-state index contributed by atoms with van der Waals surface area (Å²) in [6.45, 7) is 6.73. The lowest BCUT2D eigenvalue weighted by Gasteiger charge is -2.27. The monoisotopic (exact) mass is 225 g/mol. The highest BCUT2D eigenvalue weighted by Crippen LogP contribution is 2.30. The predicted octanol–water partition coefficient (Wildman–Crippen LogP) is 2.97. The van der Waals surface area contributed by atoms with Crippen LogP contribution in [0.15, 0.2) is 0 Å². The van der Waals surface area contributed by atoms with Gasteiger partial charge in [-0.1, -0.05) is 26.2 Å². The minimum Gasteiger partial charge on any atom is -0.377 e. The summed E-state index contributed by atoms with van der Waals surface area (Å²) >= 11 is 0. The van der Waals surface area contributed by atoms with E-state index in [4.69, 9.17) is 4.74 Å². The lowest BCUT2D eigenvalue weighted by molar-refractivity contribution is 0.112. The second kappa shape index (κ2) is 6.02. The molecule has 1 saturated heterocycles. The first kappa shape index (κ1) is 12.4. The Morgan fingerprint density at radius 1 is 1.19 bits per heavy atom. The summed E-state index contributed by atoms with van der Waals surface area (Å²) in [5.41, 5.74) is 0. The number of nitrogens with one attached hydrogen (secondary N) is 1. The van der Waals surface area contributed by atoms with Crippen molar-refractivity contribution in [3.8, 4) is 0 Å². The Kier molecular flexibility index (Phi) is 4.66. The molecule has 1 aliphatic heterocycles. The smallest absolute Gasteiger partial charge is 0.0700 e. The molecule has 0 bridgehead atoms. The van der Waals surface area contributed by atoms with Crippen molar-refractivity contribution in [2.75, 3.05) is 13.2 Å². The quantitative estimate of drug-likeness (QED) is 0.794.